The molecule has 1 aromatic carbocycles. The summed E-state index contributed by atoms with van der Waals surface area (Å²) in [5, 5.41) is -0.328. The first-order valence-electron chi connectivity index (χ1n) is 11.4. The van der Waals surface area contributed by atoms with Gasteiger partial charge < -0.3 is 4.90 Å². The Morgan fingerprint density at radius 3 is 2.35 bits per heavy atom. The van der Waals surface area contributed by atoms with Gasteiger partial charge in [0.2, 0.25) is 10.9 Å². The molecule has 168 valence electrons. The van der Waals surface area contributed by atoms with E-state index in [1.54, 1.807) is 18.7 Å². The molecule has 1 amide bonds. The smallest absolute Gasteiger partial charge is 0.291 e. The van der Waals surface area contributed by atoms with Gasteiger partial charge in [0.05, 0.1) is 0 Å². The number of likely N-dealkylation sites (tertiary alicyclic amines) is 1. The fourth-order valence-electron chi connectivity index (χ4n) is 5.49. The third kappa shape index (κ3) is 3.79. The number of hydrogen-bond donors (Lipinski definition) is 1. The first-order chi connectivity index (χ1) is 14.6. The third-order valence-electron chi connectivity index (χ3n) is 7.90. The number of benzene rings is 1. The largest absolute Gasteiger partial charge is 0.321 e. The van der Waals surface area contributed by atoms with Crippen LogP contribution in [0.4, 0.5) is 0 Å². The Kier molecular flexibility index (Phi) is 6.85. The number of ketones is 1. The molecule has 1 aromatic rings. The van der Waals surface area contributed by atoms with Crippen molar-refractivity contribution in [3.63, 3.8) is 0 Å². The number of nitrogens with zero attached hydrogens (tertiary/aromatic N) is 1. The number of thiol groups is 1. The van der Waals surface area contributed by atoms with Crippen molar-refractivity contribution in [1.29, 1.82) is 0 Å². The van der Waals surface area contributed by atoms with E-state index in [1.165, 1.54) is 0 Å². The van der Waals surface area contributed by atoms with Crippen molar-refractivity contribution in [3.8, 4) is 0 Å². The number of hydrogen-bond acceptors (Lipinski definition) is 3. The first-order valence-corrected chi connectivity index (χ1v) is 11.9. The lowest BCUT2D eigenvalue weighted by Crippen LogP contribution is -2.67. The lowest BCUT2D eigenvalue weighted by atomic mass is 9.57. The van der Waals surface area contributed by atoms with Crippen LogP contribution < -0.4 is 0 Å². The third-order valence-corrected chi connectivity index (χ3v) is 8.27. The van der Waals surface area contributed by atoms with Gasteiger partial charge in [0, 0.05) is 17.4 Å². The molecule has 3 atom stereocenters. The molecule has 1 aliphatic heterocycles. The molecule has 1 aliphatic carbocycles. The second kappa shape index (κ2) is 8.93. The quantitative estimate of drug-likeness (QED) is 0.363. The van der Waals surface area contributed by atoms with Gasteiger partial charge in [-0.25, -0.2) is 0 Å². The molecule has 1 heterocycles. The van der Waals surface area contributed by atoms with E-state index in [4.69, 9.17) is 0 Å². The summed E-state index contributed by atoms with van der Waals surface area (Å²) in [5.74, 6) is -0.901. The number of rotatable bonds is 7. The summed E-state index contributed by atoms with van der Waals surface area (Å²) in [6.45, 7) is 8.00. The first kappa shape index (κ1) is 23.8. The van der Waals surface area contributed by atoms with Gasteiger partial charge in [-0.3, -0.25) is 14.4 Å². The van der Waals surface area contributed by atoms with E-state index in [0.29, 0.717) is 25.8 Å². The number of amides is 1. The van der Waals surface area contributed by atoms with Crippen LogP contribution in [0.2, 0.25) is 0 Å². The second-order valence-corrected chi connectivity index (χ2v) is 10.2. The van der Waals surface area contributed by atoms with E-state index in [2.05, 4.69) is 31.7 Å². The minimum Gasteiger partial charge on any atom is -0.321 e. The molecule has 0 aromatic heterocycles. The molecule has 0 saturated carbocycles. The molecule has 1 saturated heterocycles. The summed E-state index contributed by atoms with van der Waals surface area (Å²) in [4.78, 5) is 41.8. The Morgan fingerprint density at radius 1 is 1.13 bits per heavy atom. The molecule has 31 heavy (non-hydrogen) atoms. The van der Waals surface area contributed by atoms with Crippen molar-refractivity contribution in [2.75, 3.05) is 6.54 Å². The number of allylic oxidation sites excluding steroid dienone is 2. The summed E-state index contributed by atoms with van der Waals surface area (Å²) in [6, 6.07) is 9.99. The van der Waals surface area contributed by atoms with Crippen LogP contribution in [0.3, 0.4) is 0 Å². The van der Waals surface area contributed by atoms with E-state index in [1.807, 2.05) is 37.3 Å². The van der Waals surface area contributed by atoms with Crippen LogP contribution in [0, 0.1) is 11.3 Å². The van der Waals surface area contributed by atoms with Crippen LogP contribution in [-0.2, 0) is 19.8 Å². The highest BCUT2D eigenvalue weighted by molar-refractivity contribution is 7.96. The second-order valence-electron chi connectivity index (χ2n) is 9.83. The lowest BCUT2D eigenvalue weighted by Gasteiger charge is -2.53. The van der Waals surface area contributed by atoms with E-state index in [9.17, 15) is 14.4 Å². The van der Waals surface area contributed by atoms with Gasteiger partial charge in [0.1, 0.15) is 5.54 Å². The molecule has 0 N–H and O–H groups in total. The van der Waals surface area contributed by atoms with E-state index in [0.717, 1.165) is 24.8 Å². The minimum absolute atomic E-state index is 0.0717. The highest BCUT2D eigenvalue weighted by Gasteiger charge is 2.63. The number of carbonyl (C=O) groups is 3. The Morgan fingerprint density at radius 2 is 1.81 bits per heavy atom. The maximum Gasteiger partial charge on any atom is 0.291 e. The Balaban J connectivity index is 2.21. The Hall–Kier alpha value is -1.88. The molecular formula is C26H35NO3S. The van der Waals surface area contributed by atoms with Gasteiger partial charge in [-0.2, -0.15) is 0 Å². The molecule has 2 unspecified atom stereocenters. The summed E-state index contributed by atoms with van der Waals surface area (Å²) in [5.41, 5.74) is -1.61. The highest BCUT2D eigenvalue weighted by atomic mass is 32.1. The maximum atomic E-state index is 13.6. The van der Waals surface area contributed by atoms with Crippen molar-refractivity contribution in [2.24, 2.45) is 11.3 Å². The topological polar surface area (TPSA) is 54.5 Å². The SMILES string of the molecule is CCC(C)(C)C(=O)C(=O)N1CCC[C@@]1(C(=O)S)C(C)(c1ccccc1)C1C=CCCC1. The predicted octanol–water partition coefficient (Wildman–Crippen LogP) is 5.12. The van der Waals surface area contributed by atoms with Crippen molar-refractivity contribution >= 4 is 29.4 Å². The van der Waals surface area contributed by atoms with Gasteiger partial charge in [-0.05, 0) is 50.0 Å². The fraction of sp³-hybridized carbons (Fsp3) is 0.577. The zero-order valence-electron chi connectivity index (χ0n) is 19.2. The minimum atomic E-state index is -1.17. The highest BCUT2D eigenvalue weighted by Crippen LogP contribution is 2.54. The van der Waals surface area contributed by atoms with Crippen LogP contribution in [0.1, 0.15) is 71.8 Å². The molecule has 2 aliphatic rings. The van der Waals surface area contributed by atoms with Crippen LogP contribution >= 0.6 is 12.6 Å². The van der Waals surface area contributed by atoms with Crippen LogP contribution in [0.25, 0.3) is 0 Å². The average Bonchev–Trinajstić information content (AvgIpc) is 3.25. The zero-order chi connectivity index (χ0) is 22.9. The summed E-state index contributed by atoms with van der Waals surface area (Å²) in [7, 11) is 0. The summed E-state index contributed by atoms with van der Waals surface area (Å²) >= 11 is 4.39. The lowest BCUT2D eigenvalue weighted by molar-refractivity contribution is -0.156. The normalized spacial score (nSPS) is 25.8. The van der Waals surface area contributed by atoms with Crippen molar-refractivity contribution in [2.45, 2.75) is 77.2 Å². The van der Waals surface area contributed by atoms with Gasteiger partial charge in [-0.1, -0.05) is 70.2 Å². The summed E-state index contributed by atoms with van der Waals surface area (Å²) < 4.78 is 0. The molecule has 4 nitrogen and oxygen atoms in total. The molecule has 1 fully saturated rings. The van der Waals surface area contributed by atoms with Crippen LogP contribution in [0.15, 0.2) is 42.5 Å². The molecule has 0 spiro atoms. The molecule has 5 heteroatoms. The standard InChI is InChI=1S/C26H35NO3S/c1-5-24(2,3)21(28)22(29)27-18-12-17-26(27,23(30)31)25(4,19-13-8-6-9-14-19)20-15-10-7-11-16-20/h6,8-10,13-15,20H,5,7,11-12,16-18H2,1-4H3,(H,30,31)/t20?,25?,26-/m1/s1. The van der Waals surface area contributed by atoms with Gasteiger partial charge in [-0.15, -0.1) is 12.6 Å². The number of carbonyl (C=O) groups excluding carboxylic acids is 3. The van der Waals surface area contributed by atoms with Gasteiger partial charge in [0.25, 0.3) is 5.91 Å². The molecular weight excluding hydrogens is 406 g/mol. The van der Waals surface area contributed by atoms with Crippen molar-refractivity contribution in [1.82, 2.24) is 4.90 Å². The van der Waals surface area contributed by atoms with Gasteiger partial charge in [0.15, 0.2) is 0 Å². The van der Waals surface area contributed by atoms with E-state index >= 15 is 0 Å². The zero-order valence-corrected chi connectivity index (χ0v) is 20.1. The monoisotopic (exact) mass is 441 g/mol. The number of Topliss-reactive ketones (excluding diaryl/α,β-unsaturated/α-hetero) is 1. The molecule has 0 radical (unpaired) electrons. The van der Waals surface area contributed by atoms with Gasteiger partial charge >= 0.3 is 0 Å². The maximum absolute atomic E-state index is 13.6. The Labute approximate surface area is 191 Å². The van der Waals surface area contributed by atoms with E-state index < -0.39 is 28.1 Å². The summed E-state index contributed by atoms with van der Waals surface area (Å²) in [6.07, 6.45) is 9.13. The van der Waals surface area contributed by atoms with E-state index in [-0.39, 0.29) is 11.0 Å². The average molecular weight is 442 g/mol. The molecule has 3 rings (SSSR count). The molecule has 0 bridgehead atoms. The Bertz CT molecular complexity index is 878. The predicted molar refractivity (Wildman–Crippen MR) is 127 cm³/mol. The fourth-order valence-corrected chi connectivity index (χ4v) is 5.95. The van der Waals surface area contributed by atoms with Crippen molar-refractivity contribution in [3.05, 3.63) is 48.0 Å². The van der Waals surface area contributed by atoms with Crippen LogP contribution in [-0.4, -0.2) is 33.8 Å². The van der Waals surface area contributed by atoms with Crippen molar-refractivity contribution < 1.29 is 14.4 Å². The van der Waals surface area contributed by atoms with Crippen LogP contribution in [0.5, 0.6) is 0 Å².